The van der Waals surface area contributed by atoms with E-state index in [9.17, 15) is 4.79 Å². The van der Waals surface area contributed by atoms with Gasteiger partial charge in [-0.05, 0) is 49.2 Å². The van der Waals surface area contributed by atoms with Crippen LogP contribution in [0.2, 0.25) is 0 Å². The van der Waals surface area contributed by atoms with Gasteiger partial charge in [-0.25, -0.2) is 0 Å². The minimum atomic E-state index is -0.0248. The fourth-order valence-electron chi connectivity index (χ4n) is 2.08. The van der Waals surface area contributed by atoms with Crippen molar-refractivity contribution in [1.29, 1.82) is 0 Å². The molecule has 1 aromatic carbocycles. The van der Waals surface area contributed by atoms with E-state index in [1.807, 2.05) is 50.2 Å². The van der Waals surface area contributed by atoms with Gasteiger partial charge in [0.2, 0.25) is 5.91 Å². The Morgan fingerprint density at radius 1 is 1.19 bits per heavy atom. The van der Waals surface area contributed by atoms with Crippen molar-refractivity contribution < 1.29 is 9.53 Å². The lowest BCUT2D eigenvalue weighted by atomic mass is 10.1. The number of nitrogens with zero attached hydrogens (tertiary/aromatic N) is 1. The molecule has 0 saturated heterocycles. The molecule has 0 aliphatic carbocycles. The average molecular weight is 284 g/mol. The van der Waals surface area contributed by atoms with E-state index in [-0.39, 0.29) is 11.9 Å². The number of rotatable bonds is 6. The predicted octanol–water partition coefficient (Wildman–Crippen LogP) is 2.90. The number of hydrogen-bond donors (Lipinski definition) is 1. The van der Waals surface area contributed by atoms with Gasteiger partial charge in [-0.15, -0.1) is 0 Å². The SMILES string of the molecule is CCOc1ccc(CC(=O)NC(C)c2ccncc2)cc1. The molecule has 4 heteroatoms. The van der Waals surface area contributed by atoms with E-state index in [1.54, 1.807) is 12.4 Å². The second kappa shape index (κ2) is 7.43. The second-order valence-corrected chi connectivity index (χ2v) is 4.82. The van der Waals surface area contributed by atoms with Gasteiger partial charge in [0.15, 0.2) is 0 Å². The van der Waals surface area contributed by atoms with Gasteiger partial charge in [0.05, 0.1) is 19.1 Å². The smallest absolute Gasteiger partial charge is 0.224 e. The molecule has 0 aliphatic heterocycles. The number of amides is 1. The van der Waals surface area contributed by atoms with E-state index in [4.69, 9.17) is 4.74 Å². The Balaban J connectivity index is 1.89. The Bertz CT molecular complexity index is 567. The number of pyridine rings is 1. The van der Waals surface area contributed by atoms with Crippen molar-refractivity contribution in [1.82, 2.24) is 10.3 Å². The van der Waals surface area contributed by atoms with Gasteiger partial charge in [0.1, 0.15) is 5.75 Å². The fraction of sp³-hybridized carbons (Fsp3) is 0.294. The molecule has 0 aliphatic rings. The lowest BCUT2D eigenvalue weighted by molar-refractivity contribution is -0.121. The van der Waals surface area contributed by atoms with Crippen LogP contribution in [-0.2, 0) is 11.2 Å². The van der Waals surface area contributed by atoms with Crippen molar-refractivity contribution in [2.24, 2.45) is 0 Å². The van der Waals surface area contributed by atoms with Gasteiger partial charge in [-0.2, -0.15) is 0 Å². The summed E-state index contributed by atoms with van der Waals surface area (Å²) in [6.45, 7) is 4.55. The number of carbonyl (C=O) groups excluding carboxylic acids is 1. The number of carbonyl (C=O) groups is 1. The Morgan fingerprint density at radius 3 is 2.48 bits per heavy atom. The molecular weight excluding hydrogens is 264 g/mol. The average Bonchev–Trinajstić information content (AvgIpc) is 2.50. The van der Waals surface area contributed by atoms with Crippen molar-refractivity contribution in [3.63, 3.8) is 0 Å². The highest BCUT2D eigenvalue weighted by molar-refractivity contribution is 5.79. The molecule has 0 fully saturated rings. The van der Waals surface area contributed by atoms with Crippen molar-refractivity contribution in [3.05, 3.63) is 59.9 Å². The van der Waals surface area contributed by atoms with Crippen LogP contribution in [0.25, 0.3) is 0 Å². The van der Waals surface area contributed by atoms with Crippen LogP contribution < -0.4 is 10.1 Å². The number of nitrogens with one attached hydrogen (secondary N) is 1. The predicted molar refractivity (Wildman–Crippen MR) is 82.1 cm³/mol. The van der Waals surface area contributed by atoms with Crippen LogP contribution >= 0.6 is 0 Å². The molecule has 4 nitrogen and oxygen atoms in total. The zero-order valence-electron chi connectivity index (χ0n) is 12.4. The summed E-state index contributed by atoms with van der Waals surface area (Å²) >= 11 is 0. The van der Waals surface area contributed by atoms with Crippen molar-refractivity contribution in [2.45, 2.75) is 26.3 Å². The van der Waals surface area contributed by atoms with Gasteiger partial charge in [0, 0.05) is 12.4 Å². The van der Waals surface area contributed by atoms with Crippen LogP contribution in [0.1, 0.15) is 31.0 Å². The first-order valence-corrected chi connectivity index (χ1v) is 7.10. The molecule has 1 unspecified atom stereocenters. The summed E-state index contributed by atoms with van der Waals surface area (Å²) in [5.74, 6) is 0.829. The van der Waals surface area contributed by atoms with Crippen molar-refractivity contribution >= 4 is 5.91 Å². The maximum absolute atomic E-state index is 12.0. The third kappa shape index (κ3) is 4.60. The first-order chi connectivity index (χ1) is 10.2. The highest BCUT2D eigenvalue weighted by Crippen LogP contribution is 2.14. The van der Waals surface area contributed by atoms with E-state index in [0.29, 0.717) is 13.0 Å². The Kier molecular flexibility index (Phi) is 5.32. The molecular formula is C17H20N2O2. The normalized spacial score (nSPS) is 11.7. The maximum atomic E-state index is 12.0. The van der Waals surface area contributed by atoms with E-state index in [2.05, 4.69) is 10.3 Å². The Labute approximate surface area is 125 Å². The van der Waals surface area contributed by atoms with Crippen LogP contribution in [0.5, 0.6) is 5.75 Å². The summed E-state index contributed by atoms with van der Waals surface area (Å²) in [7, 11) is 0. The molecule has 2 aromatic rings. The number of benzene rings is 1. The van der Waals surface area contributed by atoms with Crippen LogP contribution in [-0.4, -0.2) is 17.5 Å². The maximum Gasteiger partial charge on any atom is 0.224 e. The van der Waals surface area contributed by atoms with Crippen molar-refractivity contribution in [3.8, 4) is 5.75 Å². The van der Waals surface area contributed by atoms with Crippen LogP contribution in [0, 0.1) is 0 Å². The highest BCUT2D eigenvalue weighted by atomic mass is 16.5. The standard InChI is InChI=1S/C17H20N2O2/c1-3-21-16-6-4-14(5-7-16)12-17(20)19-13(2)15-8-10-18-11-9-15/h4-11,13H,3,12H2,1-2H3,(H,19,20). The second-order valence-electron chi connectivity index (χ2n) is 4.82. The fourth-order valence-corrected chi connectivity index (χ4v) is 2.08. The summed E-state index contributed by atoms with van der Waals surface area (Å²) in [6.07, 6.45) is 3.82. The van der Waals surface area contributed by atoms with E-state index in [1.165, 1.54) is 0 Å². The molecule has 110 valence electrons. The van der Waals surface area contributed by atoms with Gasteiger partial charge in [-0.1, -0.05) is 12.1 Å². The highest BCUT2D eigenvalue weighted by Gasteiger charge is 2.09. The lowest BCUT2D eigenvalue weighted by Crippen LogP contribution is -2.28. The third-order valence-corrected chi connectivity index (χ3v) is 3.18. The first kappa shape index (κ1) is 15.0. The molecule has 1 atom stereocenters. The molecule has 0 radical (unpaired) electrons. The number of hydrogen-bond acceptors (Lipinski definition) is 3. The van der Waals surface area contributed by atoms with Crippen molar-refractivity contribution in [2.75, 3.05) is 6.61 Å². The van der Waals surface area contributed by atoms with E-state index >= 15 is 0 Å². The molecule has 0 bridgehead atoms. The largest absolute Gasteiger partial charge is 0.494 e. The first-order valence-electron chi connectivity index (χ1n) is 7.10. The van der Waals surface area contributed by atoms with Crippen LogP contribution in [0.4, 0.5) is 0 Å². The Morgan fingerprint density at radius 2 is 1.86 bits per heavy atom. The third-order valence-electron chi connectivity index (χ3n) is 3.18. The molecule has 1 amide bonds. The van der Waals surface area contributed by atoms with E-state index < -0.39 is 0 Å². The Hall–Kier alpha value is -2.36. The minimum absolute atomic E-state index is 0.00321. The quantitative estimate of drug-likeness (QED) is 0.887. The minimum Gasteiger partial charge on any atom is -0.494 e. The zero-order valence-corrected chi connectivity index (χ0v) is 12.4. The van der Waals surface area contributed by atoms with Gasteiger partial charge in [0.25, 0.3) is 0 Å². The lowest BCUT2D eigenvalue weighted by Gasteiger charge is -2.14. The zero-order chi connectivity index (χ0) is 15.1. The molecule has 1 heterocycles. The molecule has 0 spiro atoms. The number of ether oxygens (including phenoxy) is 1. The molecule has 21 heavy (non-hydrogen) atoms. The van der Waals surface area contributed by atoms with Gasteiger partial charge >= 0.3 is 0 Å². The monoisotopic (exact) mass is 284 g/mol. The summed E-state index contributed by atoms with van der Waals surface area (Å²) in [4.78, 5) is 16.0. The topological polar surface area (TPSA) is 51.2 Å². The van der Waals surface area contributed by atoms with Crippen LogP contribution in [0.3, 0.4) is 0 Å². The number of aromatic nitrogens is 1. The summed E-state index contributed by atoms with van der Waals surface area (Å²) < 4.78 is 5.38. The van der Waals surface area contributed by atoms with E-state index in [0.717, 1.165) is 16.9 Å². The van der Waals surface area contributed by atoms with Gasteiger partial charge in [-0.3, -0.25) is 9.78 Å². The molecule has 1 aromatic heterocycles. The molecule has 2 rings (SSSR count). The molecule has 1 N–H and O–H groups in total. The summed E-state index contributed by atoms with van der Waals surface area (Å²) in [6, 6.07) is 11.4. The molecule has 0 saturated carbocycles. The van der Waals surface area contributed by atoms with Gasteiger partial charge < -0.3 is 10.1 Å². The summed E-state index contributed by atoms with van der Waals surface area (Å²) in [5, 5.41) is 2.99. The van der Waals surface area contributed by atoms with Crippen LogP contribution in [0.15, 0.2) is 48.8 Å². The summed E-state index contributed by atoms with van der Waals surface area (Å²) in [5.41, 5.74) is 2.02.